The highest BCUT2D eigenvalue weighted by Gasteiger charge is 2.23. The molecule has 7 nitrogen and oxygen atoms in total. The number of aromatic nitrogens is 4. The zero-order valence-electron chi connectivity index (χ0n) is 15.5. The number of hydrogen-bond donors (Lipinski definition) is 2. The van der Waals surface area contributed by atoms with Crippen LogP contribution in [0.4, 0.5) is 11.6 Å². The van der Waals surface area contributed by atoms with E-state index in [0.717, 1.165) is 42.8 Å². The molecule has 1 aliphatic rings. The van der Waals surface area contributed by atoms with E-state index >= 15 is 0 Å². The summed E-state index contributed by atoms with van der Waals surface area (Å²) in [5.41, 5.74) is 9.80. The summed E-state index contributed by atoms with van der Waals surface area (Å²) in [7, 11) is 4.29. The normalized spacial score (nSPS) is 15.9. The Balaban J connectivity index is 0.00000140. The third kappa shape index (κ3) is 3.10. The molecule has 140 valence electrons. The van der Waals surface area contributed by atoms with Gasteiger partial charge < -0.3 is 20.5 Å². The minimum atomic E-state index is 0. The largest absolute Gasteiger partial charge is 0.382 e. The van der Waals surface area contributed by atoms with E-state index in [2.05, 4.69) is 51.8 Å². The maximum absolute atomic E-state index is 6.11. The van der Waals surface area contributed by atoms with E-state index in [-0.39, 0.29) is 2.85 Å². The Bertz CT molecular complexity index is 933. The number of nitrogens with two attached hydrogens (primary N) is 1. The summed E-state index contributed by atoms with van der Waals surface area (Å²) in [4.78, 5) is 21.7. The highest BCUT2D eigenvalue weighted by atomic mass is 15.2. The van der Waals surface area contributed by atoms with Gasteiger partial charge in [-0.3, -0.25) is 0 Å². The topological polar surface area (TPSA) is 87.0 Å². The molecule has 0 aliphatic carbocycles. The second kappa shape index (κ2) is 6.57. The molecule has 2 aromatic heterocycles. The fourth-order valence-electron chi connectivity index (χ4n) is 3.56. The molecule has 1 saturated heterocycles. The van der Waals surface area contributed by atoms with Crippen molar-refractivity contribution in [2.75, 3.05) is 37.8 Å². The van der Waals surface area contributed by atoms with Crippen molar-refractivity contribution < 1.29 is 2.85 Å². The summed E-state index contributed by atoms with van der Waals surface area (Å²) in [6.07, 6.45) is 4.01. The van der Waals surface area contributed by atoms with E-state index in [1.54, 1.807) is 6.20 Å². The van der Waals surface area contributed by atoms with Crippen LogP contribution in [0.2, 0.25) is 0 Å². The number of nitrogen functional groups attached to an aromatic ring is 1. The number of piperidine rings is 1. The summed E-state index contributed by atoms with van der Waals surface area (Å²) in [5.74, 6) is 1.93. The highest BCUT2D eigenvalue weighted by Crippen LogP contribution is 2.27. The average Bonchev–Trinajstić information content (AvgIpc) is 3.05. The zero-order valence-corrected chi connectivity index (χ0v) is 15.5. The monoisotopic (exact) mass is 355 g/mol. The molecular formula is C19H29N7. The van der Waals surface area contributed by atoms with Crippen LogP contribution >= 0.6 is 0 Å². The maximum atomic E-state index is 6.11. The third-order valence-electron chi connectivity index (χ3n) is 5.17. The van der Waals surface area contributed by atoms with Gasteiger partial charge in [-0.05, 0) is 51.6 Å². The summed E-state index contributed by atoms with van der Waals surface area (Å²) in [6, 6.07) is 6.76. The first-order valence-electron chi connectivity index (χ1n) is 9.02. The number of nitrogens with zero attached hydrogens (tertiary/aromatic N) is 5. The molecule has 3 aromatic rings. The lowest BCUT2D eigenvalue weighted by molar-refractivity contribution is 0.249. The summed E-state index contributed by atoms with van der Waals surface area (Å²) >= 11 is 0. The van der Waals surface area contributed by atoms with Crippen LogP contribution in [0.5, 0.6) is 0 Å². The van der Waals surface area contributed by atoms with Crippen LogP contribution in [0.3, 0.4) is 0 Å². The van der Waals surface area contributed by atoms with Gasteiger partial charge in [0.25, 0.3) is 0 Å². The Hall–Kier alpha value is -2.67. The maximum Gasteiger partial charge on any atom is 0.161 e. The fraction of sp³-hybridized carbons (Fsp3) is 0.421. The Labute approximate surface area is 156 Å². The number of hydrogen-bond acceptors (Lipinski definition) is 6. The van der Waals surface area contributed by atoms with Gasteiger partial charge >= 0.3 is 0 Å². The number of fused-ring (bicyclic) bond motifs is 1. The van der Waals surface area contributed by atoms with E-state index in [1.165, 1.54) is 5.56 Å². The van der Waals surface area contributed by atoms with Gasteiger partial charge in [-0.2, -0.15) is 0 Å². The van der Waals surface area contributed by atoms with Crippen LogP contribution in [0, 0.1) is 6.92 Å². The van der Waals surface area contributed by atoms with Crippen molar-refractivity contribution in [3.8, 4) is 11.5 Å². The summed E-state index contributed by atoms with van der Waals surface area (Å²) < 4.78 is 0. The Morgan fingerprint density at radius 2 is 2.00 bits per heavy atom. The molecule has 0 radical (unpaired) electrons. The van der Waals surface area contributed by atoms with Gasteiger partial charge in [-0.1, -0.05) is 6.07 Å². The van der Waals surface area contributed by atoms with E-state index in [4.69, 9.17) is 10.7 Å². The number of aromatic amines is 1. The number of benzene rings is 1. The SMILES string of the molecule is Cc1ccc2nc(-c3nc(N4CCC(N(C)C)CC4)cnc3N)[nH]c2c1.[HH].[HH]. The van der Waals surface area contributed by atoms with Crippen LogP contribution in [0.1, 0.15) is 21.3 Å². The molecule has 0 saturated carbocycles. The molecule has 7 heteroatoms. The minimum Gasteiger partial charge on any atom is -0.382 e. The lowest BCUT2D eigenvalue weighted by Crippen LogP contribution is -2.42. The molecular weight excluding hydrogens is 326 g/mol. The van der Waals surface area contributed by atoms with Crippen LogP contribution in [0.25, 0.3) is 22.6 Å². The van der Waals surface area contributed by atoms with Gasteiger partial charge in [-0.25, -0.2) is 15.0 Å². The smallest absolute Gasteiger partial charge is 0.161 e. The summed E-state index contributed by atoms with van der Waals surface area (Å²) in [5, 5.41) is 0. The minimum absolute atomic E-state index is 0. The molecule has 0 amide bonds. The summed E-state index contributed by atoms with van der Waals surface area (Å²) in [6.45, 7) is 4.01. The quantitative estimate of drug-likeness (QED) is 0.751. The number of imidazole rings is 1. The lowest BCUT2D eigenvalue weighted by atomic mass is 10.0. The van der Waals surface area contributed by atoms with Crippen molar-refractivity contribution in [1.29, 1.82) is 0 Å². The van der Waals surface area contributed by atoms with Crippen LogP contribution in [-0.4, -0.2) is 58.1 Å². The molecule has 1 aromatic carbocycles. The third-order valence-corrected chi connectivity index (χ3v) is 5.17. The fourth-order valence-corrected chi connectivity index (χ4v) is 3.56. The Morgan fingerprint density at radius 1 is 1.23 bits per heavy atom. The number of H-pyrrole nitrogens is 1. The van der Waals surface area contributed by atoms with Gasteiger partial charge in [0.05, 0.1) is 17.2 Å². The van der Waals surface area contributed by atoms with E-state index in [1.807, 2.05) is 12.1 Å². The van der Waals surface area contributed by atoms with Crippen molar-refractivity contribution in [2.45, 2.75) is 25.8 Å². The van der Waals surface area contributed by atoms with Gasteiger partial charge in [0.2, 0.25) is 0 Å². The van der Waals surface area contributed by atoms with E-state index in [0.29, 0.717) is 23.4 Å². The predicted octanol–water partition coefficient (Wildman–Crippen LogP) is 2.93. The zero-order chi connectivity index (χ0) is 18.3. The van der Waals surface area contributed by atoms with E-state index in [9.17, 15) is 0 Å². The number of rotatable bonds is 3. The van der Waals surface area contributed by atoms with Crippen molar-refractivity contribution >= 4 is 22.7 Å². The predicted molar refractivity (Wildman–Crippen MR) is 109 cm³/mol. The molecule has 3 N–H and O–H groups in total. The van der Waals surface area contributed by atoms with Gasteiger partial charge in [0.15, 0.2) is 17.3 Å². The van der Waals surface area contributed by atoms with Gasteiger partial charge in [0, 0.05) is 22.0 Å². The van der Waals surface area contributed by atoms with Crippen molar-refractivity contribution in [3.05, 3.63) is 30.0 Å². The average molecular weight is 355 g/mol. The van der Waals surface area contributed by atoms with Crippen molar-refractivity contribution in [3.63, 3.8) is 0 Å². The number of nitrogens with one attached hydrogen (secondary N) is 1. The van der Waals surface area contributed by atoms with Crippen LogP contribution < -0.4 is 10.6 Å². The molecule has 0 unspecified atom stereocenters. The van der Waals surface area contributed by atoms with Crippen molar-refractivity contribution in [1.82, 2.24) is 24.8 Å². The molecule has 3 heterocycles. The second-order valence-electron chi connectivity index (χ2n) is 7.25. The van der Waals surface area contributed by atoms with Crippen LogP contribution in [-0.2, 0) is 0 Å². The first-order chi connectivity index (χ1) is 12.5. The van der Waals surface area contributed by atoms with Gasteiger partial charge in [-0.15, -0.1) is 0 Å². The molecule has 1 fully saturated rings. The van der Waals surface area contributed by atoms with Gasteiger partial charge in [0.1, 0.15) is 5.82 Å². The Morgan fingerprint density at radius 3 is 2.73 bits per heavy atom. The molecule has 1 aliphatic heterocycles. The number of anilines is 2. The molecule has 0 bridgehead atoms. The molecule has 0 atom stereocenters. The highest BCUT2D eigenvalue weighted by molar-refractivity contribution is 5.81. The second-order valence-corrected chi connectivity index (χ2v) is 7.25. The standard InChI is InChI=1S/C19H25N7.2H2/c1-12-4-5-14-15(10-12)23-19(22-14)17-18(20)21-11-16(24-17)26-8-6-13(7-9-26)25(2)3;;/h4-5,10-11,13H,6-9H2,1-3H3,(H2,20,21)(H,22,23);2*1H. The van der Waals surface area contributed by atoms with Crippen LogP contribution in [0.15, 0.2) is 24.4 Å². The first kappa shape index (κ1) is 16.8. The lowest BCUT2D eigenvalue weighted by Gasteiger charge is -2.35. The molecule has 0 spiro atoms. The first-order valence-corrected chi connectivity index (χ1v) is 9.02. The number of aryl methyl sites for hydroxylation is 1. The molecule has 4 rings (SSSR count). The Kier molecular flexibility index (Phi) is 4.24. The van der Waals surface area contributed by atoms with E-state index < -0.39 is 0 Å². The van der Waals surface area contributed by atoms with Crippen molar-refractivity contribution in [2.24, 2.45) is 0 Å². The molecule has 26 heavy (non-hydrogen) atoms.